The van der Waals surface area contributed by atoms with Gasteiger partial charge in [0.1, 0.15) is 5.82 Å². The van der Waals surface area contributed by atoms with Crippen LogP contribution in [0.4, 0.5) is 10.3 Å². The van der Waals surface area contributed by atoms with Gasteiger partial charge in [0.2, 0.25) is 21.9 Å². The average Bonchev–Trinajstić information content (AvgIpc) is 2.92. The predicted octanol–water partition coefficient (Wildman–Crippen LogP) is 1.96. The second-order valence-corrected chi connectivity index (χ2v) is 8.77. The normalized spacial score (nSPS) is 13.2. The number of aromatic nitrogens is 2. The van der Waals surface area contributed by atoms with Gasteiger partial charge in [-0.1, -0.05) is 24.3 Å². The maximum absolute atomic E-state index is 14.2. The summed E-state index contributed by atoms with van der Waals surface area (Å²) >= 11 is 0. The summed E-state index contributed by atoms with van der Waals surface area (Å²) < 4.78 is 40.5. The van der Waals surface area contributed by atoms with E-state index in [4.69, 9.17) is 11.5 Å². The van der Waals surface area contributed by atoms with Crippen LogP contribution in [0.5, 0.6) is 0 Å². The number of amides is 1. The highest BCUT2D eigenvalue weighted by atomic mass is 32.2. The number of halogens is 1. The van der Waals surface area contributed by atoms with Crippen molar-refractivity contribution in [2.45, 2.75) is 25.0 Å². The van der Waals surface area contributed by atoms with Crippen molar-refractivity contribution in [1.82, 2.24) is 8.96 Å². The summed E-state index contributed by atoms with van der Waals surface area (Å²) in [6.07, 6.45) is 0. The second kappa shape index (κ2) is 6.66. The minimum absolute atomic E-state index is 0.107. The summed E-state index contributed by atoms with van der Waals surface area (Å²) in [5.41, 5.74) is 12.3. The van der Waals surface area contributed by atoms with E-state index in [1.807, 2.05) is 0 Å². The van der Waals surface area contributed by atoms with E-state index in [2.05, 4.69) is 4.98 Å². The summed E-state index contributed by atoms with van der Waals surface area (Å²) in [4.78, 5) is 16.1. The van der Waals surface area contributed by atoms with Crippen molar-refractivity contribution in [2.75, 3.05) is 5.73 Å². The molecule has 3 aromatic rings. The molecule has 2 aromatic carbocycles. The molecular weight excluding hydrogens is 371 g/mol. The van der Waals surface area contributed by atoms with E-state index in [0.29, 0.717) is 11.1 Å². The number of primary amides is 1. The Labute approximate surface area is 155 Å². The molecule has 1 amide bonds. The van der Waals surface area contributed by atoms with Crippen LogP contribution in [-0.4, -0.2) is 28.5 Å². The highest BCUT2D eigenvalue weighted by Crippen LogP contribution is 2.31. The van der Waals surface area contributed by atoms with E-state index in [0.717, 1.165) is 3.97 Å². The van der Waals surface area contributed by atoms with Crippen molar-refractivity contribution in [2.24, 2.45) is 5.73 Å². The average molecular weight is 390 g/mol. The molecule has 9 heteroatoms. The molecule has 4 N–H and O–H groups in total. The first-order chi connectivity index (χ1) is 12.6. The standard InChI is InChI=1S/C18H19FN4O3S/c1-10(2)27(25,26)23-15-9-11(7-8-14(15)22-18(23)21)16(17(20)24)12-5-3-4-6-13(12)19/h3-10,16H,1-2H3,(H2,20,24)(H2,21,22). The molecule has 27 heavy (non-hydrogen) atoms. The number of hydrogen-bond donors (Lipinski definition) is 2. The summed E-state index contributed by atoms with van der Waals surface area (Å²) in [5.74, 6) is -2.60. The molecule has 0 spiro atoms. The zero-order valence-electron chi connectivity index (χ0n) is 14.8. The van der Waals surface area contributed by atoms with E-state index in [1.54, 1.807) is 12.1 Å². The molecule has 1 atom stereocenters. The van der Waals surface area contributed by atoms with Crippen molar-refractivity contribution in [1.29, 1.82) is 0 Å². The first-order valence-corrected chi connectivity index (χ1v) is 9.71. The Bertz CT molecular complexity index is 1140. The maximum atomic E-state index is 14.2. The van der Waals surface area contributed by atoms with Crippen LogP contribution in [-0.2, 0) is 14.8 Å². The number of nitrogen functional groups attached to an aromatic ring is 1. The molecule has 0 radical (unpaired) electrons. The zero-order valence-corrected chi connectivity index (χ0v) is 15.6. The van der Waals surface area contributed by atoms with E-state index in [-0.39, 0.29) is 17.0 Å². The third kappa shape index (κ3) is 3.14. The van der Waals surface area contributed by atoms with Gasteiger partial charge in [-0.25, -0.2) is 21.8 Å². The lowest BCUT2D eigenvalue weighted by atomic mass is 9.90. The lowest BCUT2D eigenvalue weighted by Crippen LogP contribution is -2.25. The summed E-state index contributed by atoms with van der Waals surface area (Å²) in [6.45, 7) is 3.05. The number of hydrogen-bond acceptors (Lipinski definition) is 5. The van der Waals surface area contributed by atoms with Crippen molar-refractivity contribution in [3.8, 4) is 0 Å². The van der Waals surface area contributed by atoms with Crippen LogP contribution in [0.25, 0.3) is 11.0 Å². The molecule has 1 unspecified atom stereocenters. The molecule has 0 aliphatic carbocycles. The van der Waals surface area contributed by atoms with Gasteiger partial charge in [0.15, 0.2) is 0 Å². The summed E-state index contributed by atoms with van der Waals surface area (Å²) in [7, 11) is -3.79. The van der Waals surface area contributed by atoms with Gasteiger partial charge in [-0.3, -0.25) is 4.79 Å². The Balaban J connectivity index is 2.27. The minimum atomic E-state index is -3.79. The molecule has 0 fully saturated rings. The van der Waals surface area contributed by atoms with Crippen LogP contribution in [0.2, 0.25) is 0 Å². The number of nitrogens with two attached hydrogens (primary N) is 2. The van der Waals surface area contributed by atoms with Crippen molar-refractivity contribution in [3.05, 3.63) is 59.4 Å². The molecule has 1 heterocycles. The number of fused-ring (bicyclic) bond motifs is 1. The lowest BCUT2D eigenvalue weighted by molar-refractivity contribution is -0.118. The number of carbonyl (C=O) groups is 1. The fraction of sp³-hybridized carbons (Fsp3) is 0.222. The van der Waals surface area contributed by atoms with Gasteiger partial charge >= 0.3 is 0 Å². The Morgan fingerprint density at radius 3 is 2.44 bits per heavy atom. The van der Waals surface area contributed by atoms with Crippen LogP contribution in [0.3, 0.4) is 0 Å². The number of nitrogens with zero attached hydrogens (tertiary/aromatic N) is 2. The van der Waals surface area contributed by atoms with Crippen molar-refractivity contribution < 1.29 is 17.6 Å². The van der Waals surface area contributed by atoms with Gasteiger partial charge in [0.05, 0.1) is 22.2 Å². The van der Waals surface area contributed by atoms with Crippen LogP contribution < -0.4 is 11.5 Å². The minimum Gasteiger partial charge on any atom is -0.369 e. The van der Waals surface area contributed by atoms with Crippen molar-refractivity contribution in [3.63, 3.8) is 0 Å². The third-order valence-corrected chi connectivity index (χ3v) is 6.43. The predicted molar refractivity (Wildman–Crippen MR) is 101 cm³/mol. The van der Waals surface area contributed by atoms with Gasteiger partial charge < -0.3 is 11.5 Å². The Morgan fingerprint density at radius 2 is 1.85 bits per heavy atom. The number of imidazole rings is 1. The fourth-order valence-corrected chi connectivity index (χ4v) is 4.10. The molecule has 0 saturated carbocycles. The maximum Gasteiger partial charge on any atom is 0.244 e. The summed E-state index contributed by atoms with van der Waals surface area (Å²) in [6, 6.07) is 10.3. The molecule has 7 nitrogen and oxygen atoms in total. The van der Waals surface area contributed by atoms with Gasteiger partial charge in [-0.2, -0.15) is 0 Å². The summed E-state index contributed by atoms with van der Waals surface area (Å²) in [5, 5.41) is -0.737. The quantitative estimate of drug-likeness (QED) is 0.690. The first-order valence-electron chi connectivity index (χ1n) is 8.20. The van der Waals surface area contributed by atoms with Crippen LogP contribution in [0.15, 0.2) is 42.5 Å². The zero-order chi connectivity index (χ0) is 19.9. The smallest absolute Gasteiger partial charge is 0.244 e. The van der Waals surface area contributed by atoms with Crippen molar-refractivity contribution >= 4 is 32.9 Å². The highest BCUT2D eigenvalue weighted by Gasteiger charge is 2.27. The van der Waals surface area contributed by atoms with E-state index < -0.39 is 32.9 Å². The van der Waals surface area contributed by atoms with E-state index in [1.165, 1.54) is 44.2 Å². The van der Waals surface area contributed by atoms with Crippen LogP contribution in [0, 0.1) is 5.82 Å². The number of carbonyl (C=O) groups excluding carboxylic acids is 1. The SMILES string of the molecule is CC(C)S(=O)(=O)n1c(N)nc2ccc(C(C(N)=O)c3ccccc3F)cc21. The van der Waals surface area contributed by atoms with Gasteiger partial charge in [-0.05, 0) is 37.6 Å². The molecule has 1 aromatic heterocycles. The van der Waals surface area contributed by atoms with Gasteiger partial charge in [-0.15, -0.1) is 0 Å². The first kappa shape index (κ1) is 18.8. The van der Waals surface area contributed by atoms with Crippen LogP contribution >= 0.6 is 0 Å². The van der Waals surface area contributed by atoms with Crippen LogP contribution in [0.1, 0.15) is 30.9 Å². The van der Waals surface area contributed by atoms with Gasteiger partial charge in [0, 0.05) is 5.56 Å². The topological polar surface area (TPSA) is 121 Å². The Hall–Kier alpha value is -2.94. The molecule has 0 aliphatic rings. The monoisotopic (exact) mass is 390 g/mol. The number of benzene rings is 2. The number of anilines is 1. The third-order valence-electron chi connectivity index (χ3n) is 4.35. The fourth-order valence-electron chi connectivity index (χ4n) is 2.95. The second-order valence-electron chi connectivity index (χ2n) is 6.43. The largest absolute Gasteiger partial charge is 0.369 e. The molecular formula is C18H19FN4O3S. The molecule has 0 aliphatic heterocycles. The highest BCUT2D eigenvalue weighted by molar-refractivity contribution is 7.90. The molecule has 0 saturated heterocycles. The molecule has 3 rings (SSSR count). The molecule has 0 bridgehead atoms. The molecule has 142 valence electrons. The Kier molecular flexibility index (Phi) is 4.64. The van der Waals surface area contributed by atoms with Gasteiger partial charge in [0.25, 0.3) is 0 Å². The number of rotatable bonds is 5. The van der Waals surface area contributed by atoms with E-state index >= 15 is 0 Å². The Morgan fingerprint density at radius 1 is 1.19 bits per heavy atom. The van der Waals surface area contributed by atoms with E-state index in [9.17, 15) is 17.6 Å². The lowest BCUT2D eigenvalue weighted by Gasteiger charge is -2.16.